The Morgan fingerprint density at radius 2 is 1.55 bits per heavy atom. The number of aromatic nitrogens is 1. The smallest absolute Gasteiger partial charge is 0.268 e. The molecule has 0 aliphatic carbocycles. The maximum Gasteiger partial charge on any atom is 0.268 e. The van der Waals surface area contributed by atoms with Gasteiger partial charge in [-0.1, -0.05) is 64.5 Å². The summed E-state index contributed by atoms with van der Waals surface area (Å²) in [5.41, 5.74) is 3.91. The van der Waals surface area contributed by atoms with E-state index < -0.39 is 10.0 Å². The first-order chi connectivity index (χ1) is 14.0. The van der Waals surface area contributed by atoms with Crippen molar-refractivity contribution in [1.82, 2.24) is 8.87 Å². The van der Waals surface area contributed by atoms with E-state index in [4.69, 9.17) is 0 Å². The maximum absolute atomic E-state index is 13.6. The lowest BCUT2D eigenvalue weighted by atomic mass is 10.1. The number of nitrogens with zero attached hydrogens (tertiary/aromatic N) is 2. The van der Waals surface area contributed by atoms with Crippen molar-refractivity contribution in [3.63, 3.8) is 0 Å². The Hall–Kier alpha value is -2.41. The van der Waals surface area contributed by atoms with Gasteiger partial charge in [0.15, 0.2) is 0 Å². The second-order valence-electron chi connectivity index (χ2n) is 7.30. The highest BCUT2D eigenvalue weighted by molar-refractivity contribution is 9.10. The summed E-state index contributed by atoms with van der Waals surface area (Å²) in [6.45, 7) is 2.12. The van der Waals surface area contributed by atoms with Crippen molar-refractivity contribution in [3.8, 4) is 0 Å². The summed E-state index contributed by atoms with van der Waals surface area (Å²) in [7, 11) is -3.68. The largest absolute Gasteiger partial charge is 0.289 e. The average molecular weight is 467 g/mol. The molecule has 0 radical (unpaired) electrons. The fourth-order valence-electron chi connectivity index (χ4n) is 4.10. The van der Waals surface area contributed by atoms with E-state index >= 15 is 0 Å². The topological polar surface area (TPSA) is 42.3 Å². The predicted molar refractivity (Wildman–Crippen MR) is 118 cm³/mol. The fourth-order valence-corrected chi connectivity index (χ4v) is 6.05. The number of halogens is 1. The minimum Gasteiger partial charge on any atom is -0.289 e. The first kappa shape index (κ1) is 18.6. The molecular formula is C23H19BrN2O2S. The van der Waals surface area contributed by atoms with Gasteiger partial charge < -0.3 is 0 Å². The summed E-state index contributed by atoms with van der Waals surface area (Å²) < 4.78 is 29.6. The highest BCUT2D eigenvalue weighted by Crippen LogP contribution is 2.37. The molecule has 29 heavy (non-hydrogen) atoms. The van der Waals surface area contributed by atoms with Crippen molar-refractivity contribution in [2.45, 2.75) is 24.5 Å². The highest BCUT2D eigenvalue weighted by atomic mass is 79.9. The average Bonchev–Trinajstić information content (AvgIpc) is 3.25. The molecule has 5 rings (SSSR count). The summed E-state index contributed by atoms with van der Waals surface area (Å²) in [4.78, 5) is 2.60. The second kappa shape index (κ2) is 7.13. The van der Waals surface area contributed by atoms with E-state index in [1.165, 1.54) is 5.56 Å². The molecule has 1 aromatic heterocycles. The first-order valence-electron chi connectivity index (χ1n) is 9.42. The van der Waals surface area contributed by atoms with Crippen molar-refractivity contribution in [2.24, 2.45) is 0 Å². The van der Waals surface area contributed by atoms with Crippen molar-refractivity contribution < 1.29 is 8.42 Å². The number of hydrogen-bond donors (Lipinski definition) is 0. The maximum atomic E-state index is 13.6. The van der Waals surface area contributed by atoms with E-state index in [0.29, 0.717) is 11.4 Å². The summed E-state index contributed by atoms with van der Waals surface area (Å²) >= 11 is 3.54. The lowest BCUT2D eigenvalue weighted by Crippen LogP contribution is -2.20. The monoisotopic (exact) mass is 466 g/mol. The molecule has 2 heterocycles. The van der Waals surface area contributed by atoms with Crippen molar-refractivity contribution >= 4 is 36.9 Å². The van der Waals surface area contributed by atoms with Gasteiger partial charge in [0.05, 0.1) is 16.1 Å². The van der Waals surface area contributed by atoms with Crippen molar-refractivity contribution in [2.75, 3.05) is 0 Å². The normalized spacial score (nSPS) is 14.4. The molecule has 0 saturated heterocycles. The fraction of sp³-hybridized carbons (Fsp3) is 0.130. The summed E-state index contributed by atoms with van der Waals surface area (Å²) in [6.07, 6.45) is 0. The van der Waals surface area contributed by atoms with E-state index in [2.05, 4.69) is 33.0 Å². The quantitative estimate of drug-likeness (QED) is 0.417. The van der Waals surface area contributed by atoms with Crippen LogP contribution in [-0.2, 0) is 29.7 Å². The Labute approximate surface area is 178 Å². The van der Waals surface area contributed by atoms with Gasteiger partial charge in [-0.15, -0.1) is 0 Å². The molecule has 0 amide bonds. The van der Waals surface area contributed by atoms with Crippen LogP contribution in [0.4, 0.5) is 0 Å². The van der Waals surface area contributed by atoms with E-state index in [9.17, 15) is 8.42 Å². The predicted octanol–water partition coefficient (Wildman–Crippen LogP) is 5.16. The Bertz CT molecular complexity index is 1300. The molecule has 3 aromatic carbocycles. The van der Waals surface area contributed by atoms with Crippen LogP contribution in [0.2, 0.25) is 0 Å². The Morgan fingerprint density at radius 3 is 2.28 bits per heavy atom. The third-order valence-corrected chi connectivity index (χ3v) is 7.64. The standard InChI is InChI=1S/C23H19BrN2O2S/c24-18-11-12-22-20(13-18)21-15-25(14-17-7-3-1-4-8-17)16-23(21)26(22)29(27,28)19-9-5-2-6-10-19/h1-13H,14-16H2. The third-order valence-electron chi connectivity index (χ3n) is 5.38. The number of benzene rings is 3. The molecule has 146 valence electrons. The molecule has 0 atom stereocenters. The molecular weight excluding hydrogens is 448 g/mol. The van der Waals surface area contributed by atoms with Crippen molar-refractivity contribution in [3.05, 3.63) is 100 Å². The molecule has 6 heteroatoms. The van der Waals surface area contributed by atoms with Crippen LogP contribution in [0.25, 0.3) is 10.9 Å². The molecule has 0 bridgehead atoms. The van der Waals surface area contributed by atoms with Crippen LogP contribution in [0.5, 0.6) is 0 Å². The number of rotatable bonds is 4. The molecule has 1 aliphatic heterocycles. The van der Waals surface area contributed by atoms with Gasteiger partial charge in [0.1, 0.15) is 0 Å². The lowest BCUT2D eigenvalue weighted by Gasteiger charge is -2.17. The van der Waals surface area contributed by atoms with Gasteiger partial charge >= 0.3 is 0 Å². The Balaban J connectivity index is 1.64. The van der Waals surface area contributed by atoms with E-state index in [0.717, 1.165) is 39.7 Å². The van der Waals surface area contributed by atoms with Gasteiger partial charge in [0, 0.05) is 29.5 Å². The molecule has 1 aliphatic rings. The van der Waals surface area contributed by atoms with Crippen LogP contribution in [0, 0.1) is 0 Å². The zero-order valence-electron chi connectivity index (χ0n) is 15.6. The minimum absolute atomic E-state index is 0.309. The van der Waals surface area contributed by atoms with Crippen molar-refractivity contribution in [1.29, 1.82) is 0 Å². The molecule has 4 aromatic rings. The number of hydrogen-bond acceptors (Lipinski definition) is 3. The van der Waals surface area contributed by atoms with Gasteiger partial charge in [-0.2, -0.15) is 0 Å². The SMILES string of the molecule is O=S(=O)(c1ccccc1)n1c2c(c3cc(Br)ccc31)CN(Cc1ccccc1)C2. The van der Waals surface area contributed by atoms with Crippen LogP contribution >= 0.6 is 15.9 Å². The zero-order chi connectivity index (χ0) is 20.0. The summed E-state index contributed by atoms with van der Waals surface area (Å²) in [6, 6.07) is 24.8. The summed E-state index contributed by atoms with van der Waals surface area (Å²) in [5.74, 6) is 0. The van der Waals surface area contributed by atoms with Crippen LogP contribution in [0.1, 0.15) is 16.8 Å². The second-order valence-corrected chi connectivity index (χ2v) is 10.0. The molecule has 4 nitrogen and oxygen atoms in total. The van der Waals surface area contributed by atoms with Gasteiger partial charge in [-0.05, 0) is 41.5 Å². The van der Waals surface area contributed by atoms with Crippen LogP contribution in [-0.4, -0.2) is 17.3 Å². The third kappa shape index (κ3) is 3.21. The Morgan fingerprint density at radius 1 is 0.862 bits per heavy atom. The van der Waals surface area contributed by atoms with Gasteiger partial charge in [0.2, 0.25) is 0 Å². The van der Waals surface area contributed by atoms with Gasteiger partial charge in [0.25, 0.3) is 10.0 Å². The van der Waals surface area contributed by atoms with E-state index in [-0.39, 0.29) is 0 Å². The number of fused-ring (bicyclic) bond motifs is 3. The van der Waals surface area contributed by atoms with Crippen LogP contribution < -0.4 is 0 Å². The Kier molecular flexibility index (Phi) is 4.57. The summed E-state index contributed by atoms with van der Waals surface area (Å²) in [5, 5.41) is 0.990. The molecule has 0 spiro atoms. The lowest BCUT2D eigenvalue weighted by molar-refractivity contribution is 0.273. The van der Waals surface area contributed by atoms with Crippen LogP contribution in [0.3, 0.4) is 0 Å². The molecule has 0 fully saturated rings. The van der Waals surface area contributed by atoms with E-state index in [1.807, 2.05) is 42.5 Å². The van der Waals surface area contributed by atoms with Gasteiger partial charge in [-0.3, -0.25) is 4.90 Å². The van der Waals surface area contributed by atoms with Gasteiger partial charge in [-0.25, -0.2) is 12.4 Å². The van der Waals surface area contributed by atoms with E-state index in [1.54, 1.807) is 28.2 Å². The first-order valence-corrected chi connectivity index (χ1v) is 11.7. The minimum atomic E-state index is -3.68. The highest BCUT2D eigenvalue weighted by Gasteiger charge is 2.32. The zero-order valence-corrected chi connectivity index (χ0v) is 18.0. The molecule has 0 unspecified atom stereocenters. The molecule has 0 N–H and O–H groups in total. The van der Waals surface area contributed by atoms with Crippen LogP contribution in [0.15, 0.2) is 88.2 Å². The molecule has 0 saturated carbocycles.